The Morgan fingerprint density at radius 3 is 2.39 bits per heavy atom. The number of carbonyl (C=O) groups is 2. The highest BCUT2D eigenvalue weighted by Gasteiger charge is 2.29. The molecule has 0 saturated heterocycles. The zero-order valence-corrected chi connectivity index (χ0v) is 16.5. The predicted octanol–water partition coefficient (Wildman–Crippen LogP) is 3.78. The summed E-state index contributed by atoms with van der Waals surface area (Å²) in [6.45, 7) is 0. The maximum atomic E-state index is 13.6. The molecular weight excluding hydrogens is 403 g/mol. The van der Waals surface area contributed by atoms with Gasteiger partial charge in [0.1, 0.15) is 17.5 Å². The molecule has 0 aliphatic carbocycles. The minimum atomic E-state index is -1.25. The fraction of sp³-hybridized carbons (Fsp3) is 0.0909. The van der Waals surface area contributed by atoms with E-state index >= 15 is 0 Å². The fourth-order valence-electron chi connectivity index (χ4n) is 3.17. The summed E-state index contributed by atoms with van der Waals surface area (Å²) < 4.78 is 13.6. The highest BCUT2D eigenvalue weighted by atomic mass is 19.1. The van der Waals surface area contributed by atoms with Gasteiger partial charge < -0.3 is 16.0 Å². The Balaban J connectivity index is 1.93. The van der Waals surface area contributed by atoms with E-state index < -0.39 is 28.6 Å². The van der Waals surface area contributed by atoms with E-state index in [0.29, 0.717) is 5.69 Å². The monoisotopic (exact) mass is 422 g/mol. The number of rotatable bonds is 7. The van der Waals surface area contributed by atoms with Crippen LogP contribution in [0.3, 0.4) is 0 Å². The smallest absolute Gasteiger partial charge is 0.293 e. The first-order valence-corrected chi connectivity index (χ1v) is 9.20. The van der Waals surface area contributed by atoms with Gasteiger partial charge in [0.05, 0.1) is 4.92 Å². The lowest BCUT2D eigenvalue weighted by Crippen LogP contribution is -2.39. The molecule has 0 spiro atoms. The average Bonchev–Trinajstić information content (AvgIpc) is 2.74. The first kappa shape index (κ1) is 21.4. The zero-order valence-electron chi connectivity index (χ0n) is 16.5. The number of primary amides is 1. The molecule has 0 aliphatic heterocycles. The Bertz CT molecular complexity index is 1140. The summed E-state index contributed by atoms with van der Waals surface area (Å²) in [4.78, 5) is 37.0. The maximum Gasteiger partial charge on any atom is 0.293 e. The summed E-state index contributed by atoms with van der Waals surface area (Å²) in [6, 6.07) is 16.7. The third-order valence-electron chi connectivity index (χ3n) is 4.64. The first-order valence-electron chi connectivity index (χ1n) is 9.20. The number of anilines is 2. The van der Waals surface area contributed by atoms with E-state index in [1.807, 2.05) is 6.07 Å². The summed E-state index contributed by atoms with van der Waals surface area (Å²) in [5, 5.41) is 14.5. The Labute approximate surface area is 177 Å². The van der Waals surface area contributed by atoms with Gasteiger partial charge in [0.2, 0.25) is 5.91 Å². The first-order chi connectivity index (χ1) is 14.8. The highest BCUT2D eigenvalue weighted by Crippen LogP contribution is 2.30. The quantitative estimate of drug-likeness (QED) is 0.444. The highest BCUT2D eigenvalue weighted by molar-refractivity contribution is 5.98. The van der Waals surface area contributed by atoms with Gasteiger partial charge in [-0.2, -0.15) is 0 Å². The Hall–Kier alpha value is -4.27. The van der Waals surface area contributed by atoms with Crippen molar-refractivity contribution in [1.29, 1.82) is 0 Å². The molecule has 0 bridgehead atoms. The fourth-order valence-corrected chi connectivity index (χ4v) is 3.17. The van der Waals surface area contributed by atoms with E-state index in [4.69, 9.17) is 5.73 Å². The van der Waals surface area contributed by atoms with Crippen LogP contribution in [0.4, 0.5) is 21.5 Å². The number of nitro benzene ring substituents is 1. The van der Waals surface area contributed by atoms with Crippen molar-refractivity contribution in [3.8, 4) is 0 Å². The summed E-state index contributed by atoms with van der Waals surface area (Å²) in [5.41, 5.74) is 6.15. The number of nitrogens with two attached hydrogens (primary N) is 1. The number of halogens is 1. The Kier molecular flexibility index (Phi) is 6.25. The van der Waals surface area contributed by atoms with Crippen LogP contribution in [0.1, 0.15) is 22.0 Å². The largest absolute Gasteiger partial charge is 0.368 e. The number of nitro groups is 1. The SMILES string of the molecule is CN(C(=O)c1ccc(Nc2ccccc2)c([N+](=O)[O-])c1)C(C(N)=O)c1cccc(F)c1. The van der Waals surface area contributed by atoms with Crippen molar-refractivity contribution in [1.82, 2.24) is 4.90 Å². The van der Waals surface area contributed by atoms with Crippen LogP contribution >= 0.6 is 0 Å². The van der Waals surface area contributed by atoms with Gasteiger partial charge in [-0.05, 0) is 42.0 Å². The molecule has 3 aromatic rings. The number of para-hydroxylation sites is 1. The molecule has 8 nitrogen and oxygen atoms in total. The van der Waals surface area contributed by atoms with E-state index in [9.17, 15) is 24.1 Å². The van der Waals surface area contributed by atoms with Crippen LogP contribution in [0.2, 0.25) is 0 Å². The summed E-state index contributed by atoms with van der Waals surface area (Å²) >= 11 is 0. The van der Waals surface area contributed by atoms with Gasteiger partial charge in [-0.3, -0.25) is 19.7 Å². The lowest BCUT2D eigenvalue weighted by molar-refractivity contribution is -0.383. The Morgan fingerprint density at radius 2 is 1.77 bits per heavy atom. The molecule has 1 unspecified atom stereocenters. The van der Waals surface area contributed by atoms with Crippen molar-refractivity contribution in [3.05, 3.63) is 99.9 Å². The molecule has 3 rings (SSSR count). The second-order valence-electron chi connectivity index (χ2n) is 6.76. The maximum absolute atomic E-state index is 13.6. The lowest BCUT2D eigenvalue weighted by atomic mass is 10.0. The van der Waals surface area contributed by atoms with Crippen molar-refractivity contribution in [3.63, 3.8) is 0 Å². The van der Waals surface area contributed by atoms with E-state index in [2.05, 4.69) is 5.32 Å². The molecule has 158 valence electrons. The average molecular weight is 422 g/mol. The van der Waals surface area contributed by atoms with Gasteiger partial charge in [0.15, 0.2) is 0 Å². The van der Waals surface area contributed by atoms with Crippen LogP contribution in [0.25, 0.3) is 0 Å². The van der Waals surface area contributed by atoms with E-state index in [1.54, 1.807) is 24.3 Å². The van der Waals surface area contributed by atoms with Crippen LogP contribution in [-0.2, 0) is 4.79 Å². The summed E-state index contributed by atoms with van der Waals surface area (Å²) in [6.07, 6.45) is 0. The van der Waals surface area contributed by atoms with Crippen molar-refractivity contribution in [2.75, 3.05) is 12.4 Å². The third kappa shape index (κ3) is 4.84. The number of hydrogen-bond acceptors (Lipinski definition) is 5. The topological polar surface area (TPSA) is 119 Å². The molecule has 0 aliphatic rings. The minimum Gasteiger partial charge on any atom is -0.368 e. The normalized spacial score (nSPS) is 11.4. The van der Waals surface area contributed by atoms with Crippen molar-refractivity contribution in [2.24, 2.45) is 5.73 Å². The standard InChI is InChI=1S/C22H19FN4O4/c1-26(20(21(24)28)14-6-5-7-16(23)12-14)22(29)15-10-11-18(19(13-15)27(30)31)25-17-8-3-2-4-9-17/h2-13,20,25H,1H3,(H2,24,28). The van der Waals surface area contributed by atoms with Gasteiger partial charge in [-0.15, -0.1) is 0 Å². The molecule has 1 atom stereocenters. The Morgan fingerprint density at radius 1 is 1.06 bits per heavy atom. The van der Waals surface area contributed by atoms with E-state index in [-0.39, 0.29) is 22.5 Å². The van der Waals surface area contributed by atoms with Crippen LogP contribution in [0, 0.1) is 15.9 Å². The van der Waals surface area contributed by atoms with Gasteiger partial charge >= 0.3 is 0 Å². The van der Waals surface area contributed by atoms with Crippen LogP contribution in [0.15, 0.2) is 72.8 Å². The van der Waals surface area contributed by atoms with Crippen LogP contribution in [-0.4, -0.2) is 28.7 Å². The number of benzene rings is 3. The number of nitrogens with one attached hydrogen (secondary N) is 1. The molecule has 3 aromatic carbocycles. The molecular formula is C22H19FN4O4. The minimum absolute atomic E-state index is 0.0181. The number of amides is 2. The number of hydrogen-bond donors (Lipinski definition) is 2. The zero-order chi connectivity index (χ0) is 22.5. The second-order valence-corrected chi connectivity index (χ2v) is 6.76. The van der Waals surface area contributed by atoms with Crippen molar-refractivity contribution < 1.29 is 18.9 Å². The van der Waals surface area contributed by atoms with Gasteiger partial charge in [0, 0.05) is 24.4 Å². The molecule has 31 heavy (non-hydrogen) atoms. The molecule has 2 amide bonds. The van der Waals surface area contributed by atoms with Crippen LogP contribution in [0.5, 0.6) is 0 Å². The molecule has 9 heteroatoms. The van der Waals surface area contributed by atoms with Crippen LogP contribution < -0.4 is 11.1 Å². The van der Waals surface area contributed by atoms with E-state index in [1.165, 1.54) is 37.4 Å². The predicted molar refractivity (Wildman–Crippen MR) is 113 cm³/mol. The van der Waals surface area contributed by atoms with Crippen molar-refractivity contribution in [2.45, 2.75) is 6.04 Å². The molecule has 0 aromatic heterocycles. The number of carbonyl (C=O) groups excluding carboxylic acids is 2. The third-order valence-corrected chi connectivity index (χ3v) is 4.64. The molecule has 3 N–H and O–H groups in total. The molecule has 0 heterocycles. The second kappa shape index (κ2) is 9.04. The molecule has 0 saturated carbocycles. The van der Waals surface area contributed by atoms with Gasteiger partial charge in [-0.1, -0.05) is 30.3 Å². The number of nitrogens with zero attached hydrogens (tertiary/aromatic N) is 2. The molecule has 0 radical (unpaired) electrons. The van der Waals surface area contributed by atoms with Gasteiger partial charge in [-0.25, -0.2) is 4.39 Å². The van der Waals surface area contributed by atoms with Gasteiger partial charge in [0.25, 0.3) is 11.6 Å². The summed E-state index contributed by atoms with van der Waals surface area (Å²) in [7, 11) is 1.32. The molecule has 0 fully saturated rings. The summed E-state index contributed by atoms with van der Waals surface area (Å²) in [5.74, 6) is -2.13. The number of likely N-dealkylation sites (N-methyl/N-ethyl adjacent to an activating group) is 1. The lowest BCUT2D eigenvalue weighted by Gasteiger charge is -2.26. The van der Waals surface area contributed by atoms with E-state index in [0.717, 1.165) is 17.0 Å². The van der Waals surface area contributed by atoms with Crippen molar-refractivity contribution >= 4 is 28.9 Å².